The molecule has 0 aliphatic rings. The first kappa shape index (κ1) is 24.2. The van der Waals surface area contributed by atoms with Crippen LogP contribution in [0.4, 0.5) is 9.39 Å². The van der Waals surface area contributed by atoms with Crippen LogP contribution in [-0.4, -0.2) is 46.9 Å². The molecule has 0 atom stereocenters. The largest absolute Gasteiger partial charge is 0.462 e. The summed E-state index contributed by atoms with van der Waals surface area (Å²) in [4.78, 5) is 46.6. The van der Waals surface area contributed by atoms with Crippen LogP contribution >= 0.6 is 11.3 Å². The molecular weight excluding hydrogens is 471 g/mol. The van der Waals surface area contributed by atoms with E-state index in [4.69, 9.17) is 4.74 Å². The molecule has 0 aliphatic heterocycles. The minimum Gasteiger partial charge on any atom is -0.462 e. The summed E-state index contributed by atoms with van der Waals surface area (Å²) in [6, 6.07) is 12.8. The molecule has 10 heteroatoms. The number of esters is 1. The van der Waals surface area contributed by atoms with Crippen molar-refractivity contribution in [2.45, 2.75) is 13.5 Å². The first-order valence-corrected chi connectivity index (χ1v) is 11.7. The average molecular weight is 495 g/mol. The fraction of sp³-hybridized carbons (Fsp3) is 0.200. The first-order chi connectivity index (χ1) is 16.9. The third-order valence-electron chi connectivity index (χ3n) is 5.17. The lowest BCUT2D eigenvalue weighted by Crippen LogP contribution is -2.31. The topological polar surface area (TPSA) is 104 Å². The van der Waals surface area contributed by atoms with Gasteiger partial charge in [0.25, 0.3) is 5.56 Å². The predicted molar refractivity (Wildman–Crippen MR) is 133 cm³/mol. The summed E-state index contributed by atoms with van der Waals surface area (Å²) in [5.41, 5.74) is 1.74. The summed E-state index contributed by atoms with van der Waals surface area (Å²) in [7, 11) is 1.72. The number of amides is 1. The Labute approximate surface area is 204 Å². The van der Waals surface area contributed by atoms with Crippen molar-refractivity contribution < 1.29 is 18.7 Å². The molecule has 4 aromatic rings. The lowest BCUT2D eigenvalue weighted by atomic mass is 10.0. The monoisotopic (exact) mass is 494 g/mol. The Bertz CT molecular complexity index is 1430. The van der Waals surface area contributed by atoms with Crippen molar-refractivity contribution in [3.63, 3.8) is 0 Å². The van der Waals surface area contributed by atoms with Gasteiger partial charge in [-0.2, -0.15) is 0 Å². The van der Waals surface area contributed by atoms with E-state index in [1.807, 2.05) is 0 Å². The molecule has 0 saturated carbocycles. The smallest absolute Gasteiger partial charge is 0.341 e. The van der Waals surface area contributed by atoms with Gasteiger partial charge in [0.15, 0.2) is 0 Å². The lowest BCUT2D eigenvalue weighted by molar-refractivity contribution is -0.117. The van der Waals surface area contributed by atoms with Crippen molar-refractivity contribution in [1.29, 1.82) is 0 Å². The molecule has 35 heavy (non-hydrogen) atoms. The summed E-state index contributed by atoms with van der Waals surface area (Å²) in [5.74, 6) is -0.880. The number of hydrogen-bond acceptors (Lipinski definition) is 7. The minimum atomic E-state index is -0.574. The van der Waals surface area contributed by atoms with Crippen LogP contribution in [0.2, 0.25) is 0 Å². The number of aromatic nitrogens is 2. The number of carbonyl (C=O) groups excluding carboxylic acids is 2. The quantitative estimate of drug-likeness (QED) is 0.358. The molecule has 2 aromatic carbocycles. The number of para-hydroxylation sites is 1. The van der Waals surface area contributed by atoms with Gasteiger partial charge in [-0.25, -0.2) is 14.2 Å². The van der Waals surface area contributed by atoms with Crippen molar-refractivity contribution in [3.05, 3.63) is 81.5 Å². The molecule has 0 spiro atoms. The Balaban J connectivity index is 1.50. The highest BCUT2D eigenvalue weighted by Crippen LogP contribution is 2.36. The highest BCUT2D eigenvalue weighted by molar-refractivity contribution is 7.15. The maximum absolute atomic E-state index is 13.4. The molecule has 8 nitrogen and oxygen atoms in total. The van der Waals surface area contributed by atoms with Crippen molar-refractivity contribution in [3.8, 4) is 11.1 Å². The van der Waals surface area contributed by atoms with Gasteiger partial charge < -0.3 is 15.0 Å². The molecule has 0 bridgehead atoms. The number of anilines is 1. The number of rotatable bonds is 8. The fourth-order valence-electron chi connectivity index (χ4n) is 3.63. The predicted octanol–water partition coefficient (Wildman–Crippen LogP) is 4.04. The Morgan fingerprint density at radius 1 is 1.17 bits per heavy atom. The maximum atomic E-state index is 13.4. The molecule has 4 rings (SSSR count). The van der Waals surface area contributed by atoms with Crippen LogP contribution in [0.5, 0.6) is 0 Å². The molecule has 2 N–H and O–H groups in total. The molecule has 0 radical (unpaired) electrons. The third-order valence-corrected chi connectivity index (χ3v) is 6.07. The molecule has 0 aliphatic carbocycles. The second kappa shape index (κ2) is 10.6. The Kier molecular flexibility index (Phi) is 7.33. The summed E-state index contributed by atoms with van der Waals surface area (Å²) in [6.45, 7) is 2.09. The van der Waals surface area contributed by atoms with E-state index < -0.39 is 5.97 Å². The third kappa shape index (κ3) is 5.61. The minimum absolute atomic E-state index is 0.0113. The number of nitrogens with zero attached hydrogens (tertiary/aromatic N) is 2. The molecule has 1 amide bonds. The first-order valence-electron chi connectivity index (χ1n) is 10.9. The average Bonchev–Trinajstić information content (AvgIpc) is 3.23. The SMILES string of the molecule is CCOC(=O)c1c(-c2ccc(F)cc2)csc1NC(=O)CN(C)Cc1nc2ccccc2c(=O)[nH]1. The van der Waals surface area contributed by atoms with E-state index in [2.05, 4.69) is 15.3 Å². The number of benzene rings is 2. The normalized spacial score (nSPS) is 11.1. The number of halogens is 1. The number of likely N-dealkylation sites (N-methyl/N-ethyl adjacent to an activating group) is 1. The van der Waals surface area contributed by atoms with Crippen LogP contribution in [0.25, 0.3) is 22.0 Å². The molecule has 0 fully saturated rings. The number of ether oxygens (including phenoxy) is 1. The zero-order valence-corrected chi connectivity index (χ0v) is 19.9. The van der Waals surface area contributed by atoms with Gasteiger partial charge in [0, 0.05) is 10.9 Å². The zero-order chi connectivity index (χ0) is 24.9. The van der Waals surface area contributed by atoms with Gasteiger partial charge in [-0.3, -0.25) is 14.5 Å². The van der Waals surface area contributed by atoms with E-state index >= 15 is 0 Å². The molecule has 180 valence electrons. The van der Waals surface area contributed by atoms with Gasteiger partial charge in [-0.1, -0.05) is 24.3 Å². The van der Waals surface area contributed by atoms with Gasteiger partial charge in [0.2, 0.25) is 5.91 Å². The van der Waals surface area contributed by atoms with Gasteiger partial charge in [-0.15, -0.1) is 11.3 Å². The number of H-pyrrole nitrogens is 1. The van der Waals surface area contributed by atoms with E-state index in [0.717, 1.165) is 0 Å². The van der Waals surface area contributed by atoms with E-state index in [9.17, 15) is 18.8 Å². The van der Waals surface area contributed by atoms with Crippen LogP contribution in [0.3, 0.4) is 0 Å². The van der Waals surface area contributed by atoms with Crippen LogP contribution in [0, 0.1) is 5.82 Å². The Hall–Kier alpha value is -3.89. The van der Waals surface area contributed by atoms with E-state index in [1.165, 1.54) is 23.5 Å². The number of carbonyl (C=O) groups is 2. The van der Waals surface area contributed by atoms with Gasteiger partial charge >= 0.3 is 5.97 Å². The van der Waals surface area contributed by atoms with Crippen molar-refractivity contribution in [2.24, 2.45) is 0 Å². The van der Waals surface area contributed by atoms with Crippen LogP contribution < -0.4 is 10.9 Å². The van der Waals surface area contributed by atoms with Crippen molar-refractivity contribution in [1.82, 2.24) is 14.9 Å². The van der Waals surface area contributed by atoms with Crippen molar-refractivity contribution >= 4 is 39.1 Å². The highest BCUT2D eigenvalue weighted by Gasteiger charge is 2.23. The molecule has 2 aromatic heterocycles. The Morgan fingerprint density at radius 2 is 1.91 bits per heavy atom. The van der Waals surface area contributed by atoms with Crippen molar-refractivity contribution in [2.75, 3.05) is 25.5 Å². The summed E-state index contributed by atoms with van der Waals surface area (Å²) in [6.07, 6.45) is 0. The Morgan fingerprint density at radius 3 is 2.66 bits per heavy atom. The summed E-state index contributed by atoms with van der Waals surface area (Å²) in [5, 5.41) is 5.35. The van der Waals surface area contributed by atoms with E-state index in [1.54, 1.807) is 60.6 Å². The van der Waals surface area contributed by atoms with Crippen LogP contribution in [0.1, 0.15) is 23.1 Å². The number of hydrogen-bond donors (Lipinski definition) is 2. The second-order valence-electron chi connectivity index (χ2n) is 7.83. The molecule has 0 unspecified atom stereocenters. The molecule has 0 saturated heterocycles. The number of aromatic amines is 1. The number of thiophene rings is 1. The van der Waals surface area contributed by atoms with Crippen LogP contribution in [0.15, 0.2) is 58.7 Å². The lowest BCUT2D eigenvalue weighted by Gasteiger charge is -2.16. The van der Waals surface area contributed by atoms with Gasteiger partial charge in [-0.05, 0) is 43.8 Å². The fourth-order valence-corrected chi connectivity index (χ4v) is 4.60. The summed E-state index contributed by atoms with van der Waals surface area (Å²) >= 11 is 1.19. The summed E-state index contributed by atoms with van der Waals surface area (Å²) < 4.78 is 18.6. The van der Waals surface area contributed by atoms with Gasteiger partial charge in [0.1, 0.15) is 22.2 Å². The van der Waals surface area contributed by atoms with E-state index in [0.29, 0.717) is 32.9 Å². The molecule has 2 heterocycles. The zero-order valence-electron chi connectivity index (χ0n) is 19.1. The van der Waals surface area contributed by atoms with Crippen LogP contribution in [-0.2, 0) is 16.1 Å². The standard InChI is InChI=1S/C25H23FN4O4S/c1-3-34-25(33)22-18(15-8-10-16(26)11-9-15)14-35-24(22)29-21(31)13-30(2)12-20-27-19-7-5-4-6-17(19)23(32)28-20/h4-11,14H,3,12-13H2,1-2H3,(H,29,31)(H,27,28,32). The number of nitrogens with one attached hydrogen (secondary N) is 2. The molecular formula is C25H23FN4O4S. The van der Waals surface area contributed by atoms with Gasteiger partial charge in [0.05, 0.1) is 30.6 Å². The maximum Gasteiger partial charge on any atom is 0.341 e. The second-order valence-corrected chi connectivity index (χ2v) is 8.71. The van der Waals surface area contributed by atoms with E-state index in [-0.39, 0.29) is 42.5 Å². The number of fused-ring (bicyclic) bond motifs is 1. The highest BCUT2D eigenvalue weighted by atomic mass is 32.1.